The van der Waals surface area contributed by atoms with Gasteiger partial charge < -0.3 is 29.3 Å². The molecule has 0 bridgehead atoms. The molecule has 8 nitrogen and oxygen atoms in total. The quantitative estimate of drug-likeness (QED) is 0.785. The van der Waals surface area contributed by atoms with Gasteiger partial charge in [-0.15, -0.1) is 0 Å². The molecule has 2 heterocycles. The number of ether oxygens (including phenoxy) is 3. The lowest BCUT2D eigenvalue weighted by molar-refractivity contribution is -0.139. The molecule has 0 radical (unpaired) electrons. The van der Waals surface area contributed by atoms with Crippen LogP contribution in [0.3, 0.4) is 0 Å². The molecule has 0 aliphatic carbocycles. The van der Waals surface area contributed by atoms with E-state index in [2.05, 4.69) is 10.2 Å². The summed E-state index contributed by atoms with van der Waals surface area (Å²) in [6, 6.07) is 14.5. The average molecular weight is 425 g/mol. The fourth-order valence-corrected chi connectivity index (χ4v) is 3.77. The highest BCUT2D eigenvalue weighted by atomic mass is 16.6. The molecule has 4 rings (SSSR count). The Hall–Kier alpha value is -3.42. The Morgan fingerprint density at radius 2 is 1.71 bits per heavy atom. The molecule has 2 aliphatic heterocycles. The molecule has 1 saturated heterocycles. The van der Waals surface area contributed by atoms with Gasteiger partial charge in [0.15, 0.2) is 11.5 Å². The van der Waals surface area contributed by atoms with E-state index in [1.165, 1.54) is 0 Å². The number of amides is 2. The first kappa shape index (κ1) is 20.8. The molecular formula is C23H27N3O5. The van der Waals surface area contributed by atoms with Crippen LogP contribution in [0.2, 0.25) is 0 Å². The van der Waals surface area contributed by atoms with Gasteiger partial charge in [0.2, 0.25) is 12.0 Å². The normalized spacial score (nSPS) is 18.8. The van der Waals surface area contributed by atoms with Gasteiger partial charge in [-0.2, -0.15) is 0 Å². The van der Waals surface area contributed by atoms with Crippen molar-refractivity contribution < 1.29 is 23.8 Å². The summed E-state index contributed by atoms with van der Waals surface area (Å²) in [5, 5.41) is 2.77. The van der Waals surface area contributed by atoms with E-state index in [0.717, 1.165) is 24.5 Å². The second-order valence-electron chi connectivity index (χ2n) is 7.60. The van der Waals surface area contributed by atoms with Crippen LogP contribution in [0.1, 0.15) is 6.92 Å². The number of carbonyl (C=O) groups is 2. The Bertz CT molecular complexity index is 925. The summed E-state index contributed by atoms with van der Waals surface area (Å²) >= 11 is 0. The maximum Gasteiger partial charge on any atom is 0.265 e. The van der Waals surface area contributed by atoms with E-state index in [-0.39, 0.29) is 18.4 Å². The van der Waals surface area contributed by atoms with Crippen LogP contribution in [0.4, 0.5) is 5.69 Å². The molecule has 164 valence electrons. The van der Waals surface area contributed by atoms with Gasteiger partial charge in [0.25, 0.3) is 5.91 Å². The molecule has 31 heavy (non-hydrogen) atoms. The Balaban J connectivity index is 1.27. The van der Waals surface area contributed by atoms with Gasteiger partial charge in [-0.1, -0.05) is 12.1 Å². The molecule has 1 N–H and O–H groups in total. The first-order valence-corrected chi connectivity index (χ1v) is 10.4. The van der Waals surface area contributed by atoms with Gasteiger partial charge in [-0.3, -0.25) is 9.59 Å². The topological polar surface area (TPSA) is 80.3 Å². The maximum atomic E-state index is 12.8. The minimum atomic E-state index is -0.780. The summed E-state index contributed by atoms with van der Waals surface area (Å²) < 4.78 is 16.5. The number of fused-ring (bicyclic) bond motifs is 1. The number of hydrogen-bond donors (Lipinski definition) is 1. The van der Waals surface area contributed by atoms with Crippen LogP contribution in [0.5, 0.6) is 17.2 Å². The van der Waals surface area contributed by atoms with Crippen LogP contribution < -0.4 is 24.4 Å². The predicted octanol–water partition coefficient (Wildman–Crippen LogP) is 1.69. The number of piperazine rings is 1. The summed E-state index contributed by atoms with van der Waals surface area (Å²) in [6.07, 6.45) is -0.780. The number of nitrogens with zero attached hydrogens (tertiary/aromatic N) is 2. The Morgan fingerprint density at radius 3 is 2.39 bits per heavy atom. The van der Waals surface area contributed by atoms with E-state index >= 15 is 0 Å². The van der Waals surface area contributed by atoms with Gasteiger partial charge in [0.1, 0.15) is 18.4 Å². The zero-order valence-electron chi connectivity index (χ0n) is 17.7. The predicted molar refractivity (Wildman–Crippen MR) is 116 cm³/mol. The Morgan fingerprint density at radius 1 is 1.03 bits per heavy atom. The summed E-state index contributed by atoms with van der Waals surface area (Å²) in [6.45, 7) is 4.48. The monoisotopic (exact) mass is 425 g/mol. The maximum absolute atomic E-state index is 12.8. The number of hydrogen-bond acceptors (Lipinski definition) is 6. The third kappa shape index (κ3) is 4.68. The highest BCUT2D eigenvalue weighted by Gasteiger charge is 2.31. The van der Waals surface area contributed by atoms with E-state index < -0.39 is 12.1 Å². The number of nitrogens with one attached hydrogen (secondary N) is 1. The third-order valence-corrected chi connectivity index (χ3v) is 5.56. The van der Waals surface area contributed by atoms with Crippen LogP contribution in [-0.4, -0.2) is 68.8 Å². The molecule has 0 unspecified atom stereocenters. The molecule has 2 atom stereocenters. The van der Waals surface area contributed by atoms with Gasteiger partial charge in [0, 0.05) is 31.9 Å². The zero-order valence-corrected chi connectivity index (χ0v) is 17.7. The first-order valence-electron chi connectivity index (χ1n) is 10.4. The fraction of sp³-hybridized carbons (Fsp3) is 0.391. The molecule has 2 aliphatic rings. The van der Waals surface area contributed by atoms with E-state index in [1.807, 2.05) is 36.4 Å². The Labute approximate surface area is 181 Å². The summed E-state index contributed by atoms with van der Waals surface area (Å²) in [7, 11) is 1.64. The number of benzene rings is 2. The fourth-order valence-electron chi connectivity index (χ4n) is 3.77. The molecule has 2 aromatic carbocycles. The average Bonchev–Trinajstić information content (AvgIpc) is 2.83. The minimum Gasteiger partial charge on any atom is -0.497 e. The van der Waals surface area contributed by atoms with Crippen molar-refractivity contribution in [2.24, 2.45) is 0 Å². The highest BCUT2D eigenvalue weighted by molar-refractivity contribution is 5.89. The molecule has 0 spiro atoms. The number of rotatable bonds is 5. The summed E-state index contributed by atoms with van der Waals surface area (Å²) in [5.41, 5.74) is 1.10. The first-order chi connectivity index (χ1) is 15.0. The van der Waals surface area contributed by atoms with Crippen molar-refractivity contribution in [3.05, 3.63) is 48.5 Å². The van der Waals surface area contributed by atoms with Gasteiger partial charge in [0.05, 0.1) is 7.11 Å². The number of carbonyl (C=O) groups excluding carboxylic acids is 2. The van der Waals surface area contributed by atoms with E-state index in [0.29, 0.717) is 24.6 Å². The van der Waals surface area contributed by atoms with E-state index in [9.17, 15) is 9.59 Å². The van der Waals surface area contributed by atoms with Crippen molar-refractivity contribution in [2.45, 2.75) is 19.1 Å². The van der Waals surface area contributed by atoms with Crippen molar-refractivity contribution in [2.75, 3.05) is 44.8 Å². The number of para-hydroxylation sites is 2. The summed E-state index contributed by atoms with van der Waals surface area (Å²) in [4.78, 5) is 29.5. The second-order valence-corrected chi connectivity index (χ2v) is 7.60. The standard InChI is InChI=1S/C23H27N3O5/c1-16(24-22(27)21-15-30-19-5-3-4-6-20(19)31-21)23(28)26-13-11-25(12-14-26)17-7-9-18(29-2)10-8-17/h3-10,16,21H,11-15H2,1-2H3,(H,24,27)/t16-,21-/m1/s1. The van der Waals surface area contributed by atoms with Crippen molar-refractivity contribution >= 4 is 17.5 Å². The van der Waals surface area contributed by atoms with Crippen LogP contribution >= 0.6 is 0 Å². The van der Waals surface area contributed by atoms with Gasteiger partial charge >= 0.3 is 0 Å². The lowest BCUT2D eigenvalue weighted by Crippen LogP contribution is -2.56. The SMILES string of the molecule is COc1ccc(N2CCN(C(=O)[C@@H](C)NC(=O)[C@H]3COc4ccccc4O3)CC2)cc1. The van der Waals surface area contributed by atoms with Gasteiger partial charge in [-0.25, -0.2) is 0 Å². The second kappa shape index (κ2) is 9.16. The van der Waals surface area contributed by atoms with Crippen LogP contribution in [0.25, 0.3) is 0 Å². The largest absolute Gasteiger partial charge is 0.497 e. The smallest absolute Gasteiger partial charge is 0.265 e. The van der Waals surface area contributed by atoms with Crippen LogP contribution in [0, 0.1) is 0 Å². The van der Waals surface area contributed by atoms with Crippen molar-refractivity contribution in [1.82, 2.24) is 10.2 Å². The summed E-state index contributed by atoms with van der Waals surface area (Å²) in [5.74, 6) is 1.51. The lowest BCUT2D eigenvalue weighted by Gasteiger charge is -2.37. The molecule has 2 aromatic rings. The minimum absolute atomic E-state index is 0.0974. The molecule has 8 heteroatoms. The van der Waals surface area contributed by atoms with E-state index in [4.69, 9.17) is 14.2 Å². The van der Waals surface area contributed by atoms with Gasteiger partial charge in [-0.05, 0) is 43.3 Å². The molecule has 0 aromatic heterocycles. The van der Waals surface area contributed by atoms with Crippen LogP contribution in [0.15, 0.2) is 48.5 Å². The molecule has 2 amide bonds. The van der Waals surface area contributed by atoms with E-state index in [1.54, 1.807) is 31.1 Å². The highest BCUT2D eigenvalue weighted by Crippen LogP contribution is 2.30. The molecule has 1 fully saturated rings. The zero-order chi connectivity index (χ0) is 21.8. The lowest BCUT2D eigenvalue weighted by atomic mass is 10.2. The molecule has 0 saturated carbocycles. The van der Waals surface area contributed by atoms with Crippen LogP contribution in [-0.2, 0) is 9.59 Å². The number of anilines is 1. The Kier molecular flexibility index (Phi) is 6.16. The number of methoxy groups -OCH3 is 1. The third-order valence-electron chi connectivity index (χ3n) is 5.56. The van der Waals surface area contributed by atoms with Crippen molar-refractivity contribution in [3.63, 3.8) is 0 Å². The molecular weight excluding hydrogens is 398 g/mol. The van der Waals surface area contributed by atoms with Crippen molar-refractivity contribution in [1.29, 1.82) is 0 Å². The van der Waals surface area contributed by atoms with Crippen molar-refractivity contribution in [3.8, 4) is 17.2 Å².